The fraction of sp³-hybridized carbons (Fsp3) is 0.133. The van der Waals surface area contributed by atoms with Gasteiger partial charge < -0.3 is 4.90 Å². The number of hydrogen-bond acceptors (Lipinski definition) is 4. The topological polar surface area (TPSA) is 63.4 Å². The normalized spacial score (nSPS) is 10.2. The third-order valence-corrected chi connectivity index (χ3v) is 3.51. The van der Waals surface area contributed by atoms with Gasteiger partial charge in [-0.1, -0.05) is 29.8 Å². The first-order valence-electron chi connectivity index (χ1n) is 6.21. The average molecular weight is 305 g/mol. The molecule has 0 bridgehead atoms. The first-order valence-corrected chi connectivity index (χ1v) is 6.59. The second-order valence-corrected chi connectivity index (χ2v) is 4.97. The largest absolute Gasteiger partial charge is 0.370 e. The predicted octanol–water partition coefficient (Wildman–Crippen LogP) is 3.70. The molecule has 0 amide bonds. The van der Waals surface area contributed by atoms with E-state index in [1.807, 2.05) is 30.1 Å². The zero-order valence-electron chi connectivity index (χ0n) is 11.3. The SMILES string of the molecule is CN(Cc1ccccc1Cl)c1ccc([N+](=O)[O-])c(C=O)c1. The quantitative estimate of drug-likeness (QED) is 0.480. The Morgan fingerprint density at radius 3 is 2.62 bits per heavy atom. The molecule has 0 unspecified atom stereocenters. The molecule has 0 heterocycles. The van der Waals surface area contributed by atoms with Crippen LogP contribution in [0.1, 0.15) is 15.9 Å². The summed E-state index contributed by atoms with van der Waals surface area (Å²) in [6.45, 7) is 0.537. The van der Waals surface area contributed by atoms with E-state index in [4.69, 9.17) is 11.6 Å². The zero-order valence-corrected chi connectivity index (χ0v) is 12.1. The van der Waals surface area contributed by atoms with Crippen LogP contribution >= 0.6 is 11.6 Å². The van der Waals surface area contributed by atoms with E-state index >= 15 is 0 Å². The molecule has 0 aromatic heterocycles. The van der Waals surface area contributed by atoms with Crippen LogP contribution in [0.2, 0.25) is 5.02 Å². The number of nitro benzene ring substituents is 1. The van der Waals surface area contributed by atoms with E-state index in [1.165, 1.54) is 12.1 Å². The molecular formula is C15H13ClN2O3. The first kappa shape index (κ1) is 15.0. The lowest BCUT2D eigenvalue weighted by atomic mass is 10.1. The van der Waals surface area contributed by atoms with Crippen molar-refractivity contribution in [1.82, 2.24) is 0 Å². The molecule has 0 radical (unpaired) electrons. The summed E-state index contributed by atoms with van der Waals surface area (Å²) in [5.41, 5.74) is 1.51. The van der Waals surface area contributed by atoms with E-state index in [-0.39, 0.29) is 11.3 Å². The maximum absolute atomic E-state index is 11.0. The van der Waals surface area contributed by atoms with E-state index in [1.54, 1.807) is 12.1 Å². The Labute approximate surface area is 126 Å². The van der Waals surface area contributed by atoms with Gasteiger partial charge in [-0.3, -0.25) is 14.9 Å². The van der Waals surface area contributed by atoms with Gasteiger partial charge in [-0.25, -0.2) is 0 Å². The Hall–Kier alpha value is -2.40. The number of nitro groups is 1. The second kappa shape index (κ2) is 6.37. The van der Waals surface area contributed by atoms with Crippen LogP contribution < -0.4 is 4.90 Å². The van der Waals surface area contributed by atoms with E-state index in [0.29, 0.717) is 23.5 Å². The van der Waals surface area contributed by atoms with Gasteiger partial charge in [0.05, 0.1) is 10.5 Å². The third kappa shape index (κ3) is 3.38. The minimum atomic E-state index is -0.568. The van der Waals surface area contributed by atoms with Crippen molar-refractivity contribution in [3.63, 3.8) is 0 Å². The van der Waals surface area contributed by atoms with Crippen LogP contribution in [-0.4, -0.2) is 18.3 Å². The van der Waals surface area contributed by atoms with Crippen LogP contribution in [0.3, 0.4) is 0 Å². The van der Waals surface area contributed by atoms with Crippen molar-refractivity contribution >= 4 is 29.3 Å². The Morgan fingerprint density at radius 2 is 2.00 bits per heavy atom. The molecule has 0 spiro atoms. The molecule has 0 N–H and O–H groups in total. The molecule has 0 atom stereocenters. The van der Waals surface area contributed by atoms with E-state index in [9.17, 15) is 14.9 Å². The maximum atomic E-state index is 11.0. The molecular weight excluding hydrogens is 292 g/mol. The van der Waals surface area contributed by atoms with E-state index in [0.717, 1.165) is 5.56 Å². The minimum absolute atomic E-state index is 0.0588. The highest BCUT2D eigenvalue weighted by atomic mass is 35.5. The molecule has 0 fully saturated rings. The Bertz CT molecular complexity index is 688. The highest BCUT2D eigenvalue weighted by Gasteiger charge is 2.15. The van der Waals surface area contributed by atoms with Gasteiger partial charge in [0, 0.05) is 30.4 Å². The van der Waals surface area contributed by atoms with Gasteiger partial charge in [-0.15, -0.1) is 0 Å². The van der Waals surface area contributed by atoms with Crippen molar-refractivity contribution in [3.05, 3.63) is 68.7 Å². The second-order valence-electron chi connectivity index (χ2n) is 4.57. The number of aldehydes is 1. The van der Waals surface area contributed by atoms with Crippen LogP contribution in [0, 0.1) is 10.1 Å². The minimum Gasteiger partial charge on any atom is -0.370 e. The van der Waals surface area contributed by atoms with Gasteiger partial charge in [-0.05, 0) is 23.8 Å². The van der Waals surface area contributed by atoms with Crippen LogP contribution in [0.4, 0.5) is 11.4 Å². The van der Waals surface area contributed by atoms with Crippen molar-refractivity contribution in [2.45, 2.75) is 6.54 Å². The fourth-order valence-corrected chi connectivity index (χ4v) is 2.21. The average Bonchev–Trinajstić information content (AvgIpc) is 2.48. The predicted molar refractivity (Wildman–Crippen MR) is 82.0 cm³/mol. The van der Waals surface area contributed by atoms with Crippen LogP contribution in [0.5, 0.6) is 0 Å². The van der Waals surface area contributed by atoms with E-state index in [2.05, 4.69) is 0 Å². The molecule has 108 valence electrons. The molecule has 0 saturated heterocycles. The molecule has 2 rings (SSSR count). The lowest BCUT2D eigenvalue weighted by molar-refractivity contribution is -0.385. The van der Waals surface area contributed by atoms with Crippen LogP contribution in [0.15, 0.2) is 42.5 Å². The number of halogens is 1. The third-order valence-electron chi connectivity index (χ3n) is 3.14. The van der Waals surface area contributed by atoms with Gasteiger partial charge in [0.15, 0.2) is 6.29 Å². The summed E-state index contributed by atoms with van der Waals surface area (Å²) in [7, 11) is 1.83. The van der Waals surface area contributed by atoms with Gasteiger partial charge in [0.1, 0.15) is 0 Å². The molecule has 0 saturated carbocycles. The summed E-state index contributed by atoms with van der Waals surface area (Å²) >= 11 is 6.11. The zero-order chi connectivity index (χ0) is 15.4. The highest BCUT2D eigenvalue weighted by Crippen LogP contribution is 2.25. The number of anilines is 1. The fourth-order valence-electron chi connectivity index (χ4n) is 2.01. The molecule has 0 aliphatic rings. The first-order chi connectivity index (χ1) is 10.0. The van der Waals surface area contributed by atoms with Crippen LogP contribution in [0.25, 0.3) is 0 Å². The van der Waals surface area contributed by atoms with Gasteiger partial charge in [-0.2, -0.15) is 0 Å². The number of carbonyl (C=O) groups excluding carboxylic acids is 1. The van der Waals surface area contributed by atoms with Crippen molar-refractivity contribution in [1.29, 1.82) is 0 Å². The summed E-state index contributed by atoms with van der Waals surface area (Å²) in [6, 6.07) is 11.9. The Kier molecular flexibility index (Phi) is 4.55. The van der Waals surface area contributed by atoms with Crippen molar-refractivity contribution in [2.24, 2.45) is 0 Å². The molecule has 0 aliphatic carbocycles. The van der Waals surface area contributed by atoms with Gasteiger partial charge >= 0.3 is 0 Å². The standard InChI is InChI=1S/C15H13ClN2O3/c1-17(9-11-4-2-3-5-14(11)16)13-6-7-15(18(20)21)12(8-13)10-19/h2-8,10H,9H2,1H3. The molecule has 2 aromatic carbocycles. The molecule has 21 heavy (non-hydrogen) atoms. The maximum Gasteiger partial charge on any atom is 0.280 e. The summed E-state index contributed by atoms with van der Waals surface area (Å²) in [6.07, 6.45) is 0.491. The smallest absolute Gasteiger partial charge is 0.280 e. The molecule has 0 aliphatic heterocycles. The van der Waals surface area contributed by atoms with Crippen molar-refractivity contribution in [2.75, 3.05) is 11.9 Å². The summed E-state index contributed by atoms with van der Waals surface area (Å²) < 4.78 is 0. The molecule has 6 heteroatoms. The van der Waals surface area contributed by atoms with Crippen LogP contribution in [-0.2, 0) is 6.54 Å². The number of carbonyl (C=O) groups is 1. The van der Waals surface area contributed by atoms with E-state index < -0.39 is 4.92 Å². The summed E-state index contributed by atoms with van der Waals surface area (Å²) in [5, 5.41) is 11.5. The number of rotatable bonds is 5. The van der Waals surface area contributed by atoms with Crippen molar-refractivity contribution < 1.29 is 9.72 Å². The number of nitrogens with zero attached hydrogens (tertiary/aromatic N) is 2. The highest BCUT2D eigenvalue weighted by molar-refractivity contribution is 6.31. The van der Waals surface area contributed by atoms with Crippen molar-refractivity contribution in [3.8, 4) is 0 Å². The number of hydrogen-bond donors (Lipinski definition) is 0. The van der Waals surface area contributed by atoms with Gasteiger partial charge in [0.25, 0.3) is 5.69 Å². The monoisotopic (exact) mass is 304 g/mol. The molecule has 2 aromatic rings. The lowest BCUT2D eigenvalue weighted by Gasteiger charge is -2.20. The number of benzene rings is 2. The Balaban J connectivity index is 2.28. The van der Waals surface area contributed by atoms with Gasteiger partial charge in [0.2, 0.25) is 0 Å². The summed E-state index contributed by atoms with van der Waals surface area (Å²) in [5.74, 6) is 0. The molecule has 5 nitrogen and oxygen atoms in total. The lowest BCUT2D eigenvalue weighted by Crippen LogP contribution is -2.17. The summed E-state index contributed by atoms with van der Waals surface area (Å²) in [4.78, 5) is 23.1. The Morgan fingerprint density at radius 1 is 1.29 bits per heavy atom.